The Kier molecular flexibility index (Phi) is 5.45. The second-order valence-corrected chi connectivity index (χ2v) is 7.28. The number of β-amino-alcohol motifs (C(OH)–C–C–N with tert-alkyl or cyclic N) is 1. The van der Waals surface area contributed by atoms with E-state index in [1.807, 2.05) is 18.2 Å². The number of para-hydroxylation sites is 2. The standard InChI is InChI=1S/C21H26N4O3/c1-28-20-5-3-2-4-17(20)23-10-12-24(13-11-23)18-14-25(15-19(18)26)21(27)16-6-8-22-9-7-16/h2-9,18-19,26H,10-15H2,1H3/t18-,19-/m1/s1. The van der Waals surface area contributed by atoms with Gasteiger partial charge in [-0.05, 0) is 24.3 Å². The van der Waals surface area contributed by atoms with Crippen molar-refractivity contribution < 1.29 is 14.6 Å². The van der Waals surface area contributed by atoms with Crippen molar-refractivity contribution in [1.29, 1.82) is 0 Å². The van der Waals surface area contributed by atoms with Gasteiger partial charge in [0.15, 0.2) is 0 Å². The van der Waals surface area contributed by atoms with Gasteiger partial charge < -0.3 is 19.6 Å². The number of likely N-dealkylation sites (tertiary alicyclic amines) is 1. The van der Waals surface area contributed by atoms with Crippen molar-refractivity contribution in [1.82, 2.24) is 14.8 Å². The fourth-order valence-corrected chi connectivity index (χ4v) is 4.16. The highest BCUT2D eigenvalue weighted by molar-refractivity contribution is 5.94. The molecule has 28 heavy (non-hydrogen) atoms. The van der Waals surface area contributed by atoms with Gasteiger partial charge in [-0.25, -0.2) is 0 Å². The molecule has 1 aromatic heterocycles. The molecule has 2 aliphatic rings. The lowest BCUT2D eigenvalue weighted by Gasteiger charge is -2.40. The van der Waals surface area contributed by atoms with Crippen LogP contribution >= 0.6 is 0 Å². The number of amides is 1. The third-order valence-electron chi connectivity index (χ3n) is 5.68. The molecule has 2 aliphatic heterocycles. The van der Waals surface area contributed by atoms with E-state index in [4.69, 9.17) is 4.74 Å². The third-order valence-corrected chi connectivity index (χ3v) is 5.68. The molecule has 148 valence electrons. The largest absolute Gasteiger partial charge is 0.495 e. The van der Waals surface area contributed by atoms with E-state index in [1.54, 1.807) is 36.5 Å². The summed E-state index contributed by atoms with van der Waals surface area (Å²) < 4.78 is 5.48. The summed E-state index contributed by atoms with van der Waals surface area (Å²) in [7, 11) is 1.69. The zero-order chi connectivity index (χ0) is 19.5. The molecule has 0 bridgehead atoms. The van der Waals surface area contributed by atoms with E-state index in [0.29, 0.717) is 18.7 Å². The summed E-state index contributed by atoms with van der Waals surface area (Å²) in [4.78, 5) is 23.0. The Labute approximate surface area is 165 Å². The molecule has 2 aromatic rings. The SMILES string of the molecule is COc1ccccc1N1CCN([C@@H]2CN(C(=O)c3ccncc3)C[C@H]2O)CC1. The van der Waals surface area contributed by atoms with Crippen molar-refractivity contribution >= 4 is 11.6 Å². The highest BCUT2D eigenvalue weighted by atomic mass is 16.5. The number of aliphatic hydroxyl groups excluding tert-OH is 1. The van der Waals surface area contributed by atoms with Crippen LogP contribution in [0.3, 0.4) is 0 Å². The quantitative estimate of drug-likeness (QED) is 0.854. The molecule has 1 amide bonds. The van der Waals surface area contributed by atoms with Crippen LogP contribution in [0.2, 0.25) is 0 Å². The highest BCUT2D eigenvalue weighted by Crippen LogP contribution is 2.29. The summed E-state index contributed by atoms with van der Waals surface area (Å²) in [6.45, 7) is 4.34. The lowest BCUT2D eigenvalue weighted by molar-refractivity contribution is 0.0754. The fraction of sp³-hybridized carbons (Fsp3) is 0.429. The maximum atomic E-state index is 12.7. The normalized spacial score (nSPS) is 23.1. The number of carbonyl (C=O) groups is 1. The highest BCUT2D eigenvalue weighted by Gasteiger charge is 2.39. The lowest BCUT2D eigenvalue weighted by atomic mass is 10.1. The predicted octanol–water partition coefficient (Wildman–Crippen LogP) is 1.10. The van der Waals surface area contributed by atoms with Gasteiger partial charge in [-0.2, -0.15) is 0 Å². The third kappa shape index (κ3) is 3.68. The average molecular weight is 382 g/mol. The van der Waals surface area contributed by atoms with Gasteiger partial charge in [0.25, 0.3) is 5.91 Å². The van der Waals surface area contributed by atoms with Crippen molar-refractivity contribution in [3.05, 3.63) is 54.4 Å². The Morgan fingerprint density at radius 1 is 1.07 bits per heavy atom. The summed E-state index contributed by atoms with van der Waals surface area (Å²) in [5, 5.41) is 10.6. The number of aliphatic hydroxyl groups is 1. The molecule has 2 atom stereocenters. The van der Waals surface area contributed by atoms with E-state index in [-0.39, 0.29) is 11.9 Å². The number of rotatable bonds is 4. The van der Waals surface area contributed by atoms with Gasteiger partial charge in [0.1, 0.15) is 5.75 Å². The van der Waals surface area contributed by atoms with Gasteiger partial charge in [-0.3, -0.25) is 14.7 Å². The van der Waals surface area contributed by atoms with Crippen molar-refractivity contribution in [2.75, 3.05) is 51.3 Å². The minimum Gasteiger partial charge on any atom is -0.495 e. The van der Waals surface area contributed by atoms with Crippen LogP contribution in [-0.4, -0.2) is 84.3 Å². The number of carbonyl (C=O) groups excluding carboxylic acids is 1. The number of benzene rings is 1. The zero-order valence-electron chi connectivity index (χ0n) is 16.1. The lowest BCUT2D eigenvalue weighted by Crippen LogP contribution is -2.53. The van der Waals surface area contributed by atoms with E-state index in [9.17, 15) is 9.90 Å². The second kappa shape index (κ2) is 8.16. The Morgan fingerprint density at radius 3 is 2.50 bits per heavy atom. The molecule has 1 aromatic carbocycles. The minimum absolute atomic E-state index is 0.0226. The summed E-state index contributed by atoms with van der Waals surface area (Å²) >= 11 is 0. The van der Waals surface area contributed by atoms with Crippen LogP contribution in [0.4, 0.5) is 5.69 Å². The van der Waals surface area contributed by atoms with Gasteiger partial charge >= 0.3 is 0 Å². The molecule has 7 nitrogen and oxygen atoms in total. The van der Waals surface area contributed by atoms with Crippen LogP contribution in [0.15, 0.2) is 48.8 Å². The topological polar surface area (TPSA) is 69.1 Å². The van der Waals surface area contributed by atoms with Crippen LogP contribution in [0.25, 0.3) is 0 Å². The number of methoxy groups -OCH3 is 1. The van der Waals surface area contributed by atoms with Crippen LogP contribution in [-0.2, 0) is 0 Å². The Hall–Kier alpha value is -2.64. The van der Waals surface area contributed by atoms with Crippen LogP contribution in [0.1, 0.15) is 10.4 Å². The van der Waals surface area contributed by atoms with E-state index >= 15 is 0 Å². The molecule has 7 heteroatoms. The van der Waals surface area contributed by atoms with E-state index in [0.717, 1.165) is 37.6 Å². The first kappa shape index (κ1) is 18.7. The number of ether oxygens (including phenoxy) is 1. The van der Waals surface area contributed by atoms with Crippen molar-refractivity contribution in [3.8, 4) is 5.75 Å². The number of piperazine rings is 1. The molecule has 0 spiro atoms. The molecular weight excluding hydrogens is 356 g/mol. The monoisotopic (exact) mass is 382 g/mol. The Balaban J connectivity index is 1.38. The van der Waals surface area contributed by atoms with Gasteiger partial charge in [0.05, 0.1) is 24.9 Å². The molecule has 2 saturated heterocycles. The predicted molar refractivity (Wildman–Crippen MR) is 107 cm³/mol. The molecular formula is C21H26N4O3. The molecule has 4 rings (SSSR count). The summed E-state index contributed by atoms with van der Waals surface area (Å²) in [5.74, 6) is 0.836. The molecule has 0 saturated carbocycles. The number of aromatic nitrogens is 1. The number of pyridine rings is 1. The molecule has 3 heterocycles. The van der Waals surface area contributed by atoms with E-state index < -0.39 is 6.10 Å². The van der Waals surface area contributed by atoms with Crippen LogP contribution in [0.5, 0.6) is 5.75 Å². The fourth-order valence-electron chi connectivity index (χ4n) is 4.16. The Bertz CT molecular complexity index is 808. The van der Waals surface area contributed by atoms with E-state index in [1.165, 1.54) is 0 Å². The molecule has 0 aliphatic carbocycles. The maximum absolute atomic E-state index is 12.7. The number of hydrogen-bond acceptors (Lipinski definition) is 6. The maximum Gasteiger partial charge on any atom is 0.254 e. The summed E-state index contributed by atoms with van der Waals surface area (Å²) in [5.41, 5.74) is 1.72. The minimum atomic E-state index is -0.524. The van der Waals surface area contributed by atoms with Crippen molar-refractivity contribution in [2.24, 2.45) is 0 Å². The molecule has 2 fully saturated rings. The number of nitrogens with zero attached hydrogens (tertiary/aromatic N) is 4. The van der Waals surface area contributed by atoms with Crippen molar-refractivity contribution in [3.63, 3.8) is 0 Å². The molecule has 1 N–H and O–H groups in total. The van der Waals surface area contributed by atoms with E-state index in [2.05, 4.69) is 20.9 Å². The second-order valence-electron chi connectivity index (χ2n) is 7.28. The summed E-state index contributed by atoms with van der Waals surface area (Å²) in [6.07, 6.45) is 2.71. The van der Waals surface area contributed by atoms with Crippen molar-refractivity contribution in [2.45, 2.75) is 12.1 Å². The number of anilines is 1. The zero-order valence-corrected chi connectivity index (χ0v) is 16.1. The first-order chi connectivity index (χ1) is 13.7. The molecule has 0 radical (unpaired) electrons. The van der Waals surface area contributed by atoms with Gasteiger partial charge in [-0.1, -0.05) is 12.1 Å². The first-order valence-corrected chi connectivity index (χ1v) is 9.67. The van der Waals surface area contributed by atoms with Gasteiger partial charge in [-0.15, -0.1) is 0 Å². The van der Waals surface area contributed by atoms with Crippen LogP contribution < -0.4 is 9.64 Å². The Morgan fingerprint density at radius 2 is 1.79 bits per heavy atom. The average Bonchev–Trinajstić information content (AvgIpc) is 3.15. The van der Waals surface area contributed by atoms with Crippen LogP contribution in [0, 0.1) is 0 Å². The molecule has 0 unspecified atom stereocenters. The van der Waals surface area contributed by atoms with Gasteiger partial charge in [0, 0.05) is 57.2 Å². The smallest absolute Gasteiger partial charge is 0.254 e. The van der Waals surface area contributed by atoms with Gasteiger partial charge in [0.2, 0.25) is 0 Å². The number of hydrogen-bond donors (Lipinski definition) is 1. The summed E-state index contributed by atoms with van der Waals surface area (Å²) in [6, 6.07) is 11.5. The first-order valence-electron chi connectivity index (χ1n) is 9.67.